The van der Waals surface area contributed by atoms with Crippen molar-refractivity contribution in [2.45, 2.75) is 46.2 Å². The molecule has 1 atom stereocenters. The van der Waals surface area contributed by atoms with Crippen molar-refractivity contribution >= 4 is 55.1 Å². The van der Waals surface area contributed by atoms with E-state index in [1.54, 1.807) is 25.1 Å². The molecule has 0 fully saturated rings. The third-order valence-electron chi connectivity index (χ3n) is 5.35. The summed E-state index contributed by atoms with van der Waals surface area (Å²) in [6.45, 7) is 6.17. The summed E-state index contributed by atoms with van der Waals surface area (Å²) in [5.74, 6) is -0.465. The number of halogens is 2. The maximum atomic E-state index is 13.2. The van der Waals surface area contributed by atoms with Gasteiger partial charge in [-0.25, -0.2) is 8.42 Å². The lowest BCUT2D eigenvalue weighted by Crippen LogP contribution is -2.47. The second-order valence-electron chi connectivity index (χ2n) is 8.09. The number of anilines is 1. The normalized spacial score (nSPS) is 12.2. The van der Waals surface area contributed by atoms with Gasteiger partial charge in [-0.15, -0.1) is 0 Å². The Labute approximate surface area is 215 Å². The molecule has 0 spiro atoms. The predicted octanol–water partition coefficient (Wildman–Crippen LogP) is 4.51. The lowest BCUT2D eigenvalue weighted by molar-refractivity contribution is -0.140. The minimum absolute atomic E-state index is 0.0867. The van der Waals surface area contributed by atoms with Gasteiger partial charge in [-0.1, -0.05) is 45.7 Å². The summed E-state index contributed by atoms with van der Waals surface area (Å²) in [6.07, 6.45) is 1.50. The van der Waals surface area contributed by atoms with E-state index < -0.39 is 16.1 Å². The molecule has 2 aromatic rings. The van der Waals surface area contributed by atoms with Crippen LogP contribution in [0.4, 0.5) is 5.69 Å². The zero-order valence-corrected chi connectivity index (χ0v) is 23.0. The Hall–Kier alpha value is -2.10. The van der Waals surface area contributed by atoms with Crippen molar-refractivity contribution in [3.8, 4) is 0 Å². The molecule has 0 aliphatic heterocycles. The molecular weight excluding hydrogens is 542 g/mol. The van der Waals surface area contributed by atoms with Gasteiger partial charge in [-0.2, -0.15) is 0 Å². The first-order valence-electron chi connectivity index (χ1n) is 11.0. The van der Waals surface area contributed by atoms with Gasteiger partial charge in [-0.05, 0) is 62.6 Å². The van der Waals surface area contributed by atoms with Gasteiger partial charge in [0.05, 0.1) is 11.9 Å². The molecule has 186 valence electrons. The Morgan fingerprint density at radius 2 is 1.88 bits per heavy atom. The van der Waals surface area contributed by atoms with Gasteiger partial charge in [0.25, 0.3) is 0 Å². The van der Waals surface area contributed by atoms with Crippen LogP contribution in [0, 0.1) is 6.92 Å². The Kier molecular flexibility index (Phi) is 10.4. The summed E-state index contributed by atoms with van der Waals surface area (Å²) in [7, 11) is -3.59. The maximum Gasteiger partial charge on any atom is 0.242 e. The Morgan fingerprint density at radius 1 is 1.18 bits per heavy atom. The van der Waals surface area contributed by atoms with Crippen LogP contribution in [0.3, 0.4) is 0 Å². The van der Waals surface area contributed by atoms with Crippen LogP contribution in [0.15, 0.2) is 46.9 Å². The van der Waals surface area contributed by atoms with Gasteiger partial charge in [0, 0.05) is 35.6 Å². The first kappa shape index (κ1) is 28.1. The van der Waals surface area contributed by atoms with Gasteiger partial charge < -0.3 is 10.2 Å². The van der Waals surface area contributed by atoms with Crippen LogP contribution in [0.25, 0.3) is 0 Å². The molecule has 7 nitrogen and oxygen atoms in total. The van der Waals surface area contributed by atoms with Gasteiger partial charge in [0.1, 0.15) is 6.04 Å². The zero-order valence-electron chi connectivity index (χ0n) is 19.8. The third kappa shape index (κ3) is 7.99. The SMILES string of the molecule is CCNC(=O)C(C)N(Cc1cccc(Br)c1)C(=O)CCCN(c1cc(Cl)ccc1C)S(C)(=O)=O. The molecule has 10 heteroatoms. The first-order valence-corrected chi connectivity index (χ1v) is 14.0. The van der Waals surface area contributed by atoms with Crippen molar-refractivity contribution in [3.63, 3.8) is 0 Å². The largest absolute Gasteiger partial charge is 0.355 e. The molecule has 1 N–H and O–H groups in total. The fraction of sp³-hybridized carbons (Fsp3) is 0.417. The number of amides is 2. The van der Waals surface area contributed by atoms with Crippen LogP contribution in [0.5, 0.6) is 0 Å². The van der Waals surface area contributed by atoms with E-state index in [2.05, 4.69) is 21.2 Å². The number of carbonyl (C=O) groups is 2. The van der Waals surface area contributed by atoms with Crippen LogP contribution in [0.1, 0.15) is 37.8 Å². The van der Waals surface area contributed by atoms with Crippen molar-refractivity contribution in [1.82, 2.24) is 10.2 Å². The number of nitrogens with one attached hydrogen (secondary N) is 1. The molecule has 1 unspecified atom stereocenters. The molecule has 0 radical (unpaired) electrons. The number of rotatable bonds is 11. The minimum Gasteiger partial charge on any atom is -0.355 e. The van der Waals surface area contributed by atoms with Gasteiger partial charge >= 0.3 is 0 Å². The first-order chi connectivity index (χ1) is 15.9. The Bertz CT molecular complexity index is 1130. The van der Waals surface area contributed by atoms with Crippen molar-refractivity contribution in [2.75, 3.05) is 23.7 Å². The summed E-state index contributed by atoms with van der Waals surface area (Å²) < 4.78 is 27.1. The molecule has 0 saturated carbocycles. The van der Waals surface area contributed by atoms with Crippen LogP contribution in [0.2, 0.25) is 5.02 Å². The number of likely N-dealkylation sites (N-methyl/N-ethyl adjacent to an activating group) is 1. The average Bonchev–Trinajstić information content (AvgIpc) is 2.75. The van der Waals surface area contributed by atoms with E-state index in [1.165, 1.54) is 9.21 Å². The van der Waals surface area contributed by atoms with E-state index in [9.17, 15) is 18.0 Å². The zero-order chi connectivity index (χ0) is 25.5. The molecule has 34 heavy (non-hydrogen) atoms. The number of aryl methyl sites for hydroxylation is 1. The molecule has 0 aliphatic rings. The van der Waals surface area contributed by atoms with E-state index >= 15 is 0 Å². The summed E-state index contributed by atoms with van der Waals surface area (Å²) in [5.41, 5.74) is 2.14. The van der Waals surface area contributed by atoms with Crippen LogP contribution in [-0.4, -0.2) is 50.5 Å². The number of nitrogens with zero attached hydrogens (tertiary/aromatic N) is 2. The van der Waals surface area contributed by atoms with Crippen molar-refractivity contribution in [3.05, 3.63) is 63.1 Å². The second kappa shape index (κ2) is 12.6. The maximum absolute atomic E-state index is 13.2. The smallest absolute Gasteiger partial charge is 0.242 e. The molecule has 0 aliphatic carbocycles. The Morgan fingerprint density at radius 3 is 2.50 bits per heavy atom. The minimum atomic E-state index is -3.59. The summed E-state index contributed by atoms with van der Waals surface area (Å²) in [6, 6.07) is 11.9. The third-order valence-corrected chi connectivity index (χ3v) is 7.26. The second-order valence-corrected chi connectivity index (χ2v) is 11.4. The number of hydrogen-bond donors (Lipinski definition) is 1. The van der Waals surface area contributed by atoms with Gasteiger partial charge in [0.15, 0.2) is 0 Å². The summed E-state index contributed by atoms with van der Waals surface area (Å²) >= 11 is 9.53. The Balaban J connectivity index is 2.19. The molecule has 0 aromatic heterocycles. The quantitative estimate of drug-likeness (QED) is 0.429. The standard InChI is InChI=1S/C24H31BrClN3O4S/c1-5-27-24(31)18(3)28(16-19-8-6-9-20(25)14-19)23(30)10-7-13-29(34(4,32)33)22-15-21(26)12-11-17(22)2/h6,8-9,11-12,14-15,18H,5,7,10,13,16H2,1-4H3,(H,27,31). The van der Waals surface area contributed by atoms with E-state index in [0.29, 0.717) is 17.3 Å². The highest BCUT2D eigenvalue weighted by atomic mass is 79.9. The van der Waals surface area contributed by atoms with E-state index in [0.717, 1.165) is 21.9 Å². The predicted molar refractivity (Wildman–Crippen MR) is 140 cm³/mol. The van der Waals surface area contributed by atoms with Gasteiger partial charge in [0.2, 0.25) is 21.8 Å². The van der Waals surface area contributed by atoms with Gasteiger partial charge in [-0.3, -0.25) is 13.9 Å². The molecule has 2 amide bonds. The van der Waals surface area contributed by atoms with Crippen LogP contribution < -0.4 is 9.62 Å². The van der Waals surface area contributed by atoms with Crippen molar-refractivity contribution in [2.24, 2.45) is 0 Å². The number of hydrogen-bond acceptors (Lipinski definition) is 4. The monoisotopic (exact) mass is 571 g/mol. The molecule has 0 heterocycles. The fourth-order valence-corrected chi connectivity index (χ4v) is 5.20. The molecular formula is C24H31BrClN3O4S. The van der Waals surface area contributed by atoms with E-state index in [1.807, 2.05) is 38.1 Å². The highest BCUT2D eigenvalue weighted by Crippen LogP contribution is 2.27. The lowest BCUT2D eigenvalue weighted by atomic mass is 10.1. The van der Waals surface area contributed by atoms with Crippen LogP contribution >= 0.6 is 27.5 Å². The van der Waals surface area contributed by atoms with E-state index in [4.69, 9.17) is 11.6 Å². The lowest BCUT2D eigenvalue weighted by Gasteiger charge is -2.29. The molecule has 0 saturated heterocycles. The highest BCUT2D eigenvalue weighted by Gasteiger charge is 2.26. The molecule has 0 bridgehead atoms. The molecule has 2 aromatic carbocycles. The van der Waals surface area contributed by atoms with Crippen molar-refractivity contribution < 1.29 is 18.0 Å². The highest BCUT2D eigenvalue weighted by molar-refractivity contribution is 9.10. The van der Waals surface area contributed by atoms with E-state index in [-0.39, 0.29) is 37.7 Å². The van der Waals surface area contributed by atoms with Crippen molar-refractivity contribution in [1.29, 1.82) is 0 Å². The fourth-order valence-electron chi connectivity index (χ4n) is 3.57. The number of carbonyl (C=O) groups excluding carboxylic acids is 2. The topological polar surface area (TPSA) is 86.8 Å². The summed E-state index contributed by atoms with van der Waals surface area (Å²) in [5, 5.41) is 3.19. The number of sulfonamides is 1. The van der Waals surface area contributed by atoms with Crippen LogP contribution in [-0.2, 0) is 26.2 Å². The summed E-state index contributed by atoms with van der Waals surface area (Å²) in [4.78, 5) is 27.2. The molecule has 2 rings (SSSR count). The number of benzene rings is 2. The average molecular weight is 573 g/mol.